The first-order valence-electron chi connectivity index (χ1n) is 5.84. The van der Waals surface area contributed by atoms with E-state index in [0.29, 0.717) is 11.8 Å². The van der Waals surface area contributed by atoms with E-state index in [9.17, 15) is 13.6 Å². The van der Waals surface area contributed by atoms with Crippen molar-refractivity contribution in [3.05, 3.63) is 63.7 Å². The van der Waals surface area contributed by atoms with E-state index in [1.54, 1.807) is 6.92 Å². The summed E-state index contributed by atoms with van der Waals surface area (Å²) >= 11 is 5.85. The van der Waals surface area contributed by atoms with Gasteiger partial charge >= 0.3 is 0 Å². The maximum Gasteiger partial charge on any atom is 0.165 e. The van der Waals surface area contributed by atoms with E-state index in [0.717, 1.165) is 6.07 Å². The van der Waals surface area contributed by atoms with Crippen LogP contribution in [0, 0.1) is 18.6 Å². The lowest BCUT2D eigenvalue weighted by atomic mass is 10.1. The van der Waals surface area contributed by atoms with E-state index < -0.39 is 11.6 Å². The lowest BCUT2D eigenvalue weighted by Gasteiger charge is -2.11. The van der Waals surface area contributed by atoms with Gasteiger partial charge in [-0.05, 0) is 36.8 Å². The number of ether oxygens (including phenoxy) is 1. The first-order valence-corrected chi connectivity index (χ1v) is 6.21. The Bertz CT molecular complexity index is 636. The molecule has 0 heterocycles. The molecule has 0 saturated carbocycles. The van der Waals surface area contributed by atoms with Gasteiger partial charge in [-0.1, -0.05) is 17.7 Å². The Morgan fingerprint density at radius 3 is 2.65 bits per heavy atom. The van der Waals surface area contributed by atoms with Crippen molar-refractivity contribution in [2.45, 2.75) is 13.5 Å². The molecule has 2 nitrogen and oxygen atoms in total. The highest BCUT2D eigenvalue weighted by atomic mass is 35.5. The predicted octanol–water partition coefficient (Wildman–Crippen LogP) is 4.32. The monoisotopic (exact) mass is 296 g/mol. The Morgan fingerprint density at radius 1 is 1.25 bits per heavy atom. The van der Waals surface area contributed by atoms with E-state index in [2.05, 4.69) is 0 Å². The lowest BCUT2D eigenvalue weighted by Crippen LogP contribution is -2.02. The number of carbonyl (C=O) groups is 1. The number of hydrogen-bond acceptors (Lipinski definition) is 2. The second kappa shape index (κ2) is 6.01. The minimum absolute atomic E-state index is 0.0487. The van der Waals surface area contributed by atoms with Crippen LogP contribution in [-0.2, 0) is 6.61 Å². The largest absolute Gasteiger partial charge is 0.486 e. The number of aryl methyl sites for hydroxylation is 1. The molecule has 0 aliphatic rings. The van der Waals surface area contributed by atoms with Gasteiger partial charge in [-0.3, -0.25) is 4.79 Å². The molecule has 2 aromatic carbocycles. The Hall–Kier alpha value is -1.94. The summed E-state index contributed by atoms with van der Waals surface area (Å²) < 4.78 is 32.5. The summed E-state index contributed by atoms with van der Waals surface area (Å²) in [7, 11) is 0. The molecule has 0 saturated heterocycles. The van der Waals surface area contributed by atoms with Gasteiger partial charge in [0.15, 0.2) is 11.6 Å². The zero-order valence-electron chi connectivity index (χ0n) is 10.6. The molecule has 0 radical (unpaired) electrons. The summed E-state index contributed by atoms with van der Waals surface area (Å²) in [5.41, 5.74) is 0.987. The predicted molar refractivity (Wildman–Crippen MR) is 72.3 cm³/mol. The number of rotatable bonds is 4. The van der Waals surface area contributed by atoms with E-state index in [1.165, 1.54) is 24.3 Å². The molecule has 0 atom stereocenters. The third-order valence-electron chi connectivity index (χ3n) is 2.88. The summed E-state index contributed by atoms with van der Waals surface area (Å²) in [6.45, 7) is 1.47. The van der Waals surface area contributed by atoms with Crippen LogP contribution in [0.2, 0.25) is 5.02 Å². The SMILES string of the molecule is Cc1cc(OCc2c(F)cccc2Cl)c(F)cc1C=O. The van der Waals surface area contributed by atoms with E-state index in [1.807, 2.05) is 0 Å². The number of aldehydes is 1. The number of carbonyl (C=O) groups excluding carboxylic acids is 1. The highest BCUT2D eigenvalue weighted by molar-refractivity contribution is 6.31. The zero-order chi connectivity index (χ0) is 14.7. The Balaban J connectivity index is 2.23. The van der Waals surface area contributed by atoms with Crippen LogP contribution in [0.3, 0.4) is 0 Å². The van der Waals surface area contributed by atoms with Gasteiger partial charge in [0.05, 0.1) is 5.02 Å². The Morgan fingerprint density at radius 2 is 2.00 bits per heavy atom. The van der Waals surface area contributed by atoms with Gasteiger partial charge in [-0.15, -0.1) is 0 Å². The van der Waals surface area contributed by atoms with E-state index in [4.69, 9.17) is 16.3 Å². The van der Waals surface area contributed by atoms with Gasteiger partial charge in [0, 0.05) is 11.1 Å². The molecule has 0 aliphatic heterocycles. The molecule has 0 amide bonds. The van der Waals surface area contributed by atoms with E-state index >= 15 is 0 Å². The minimum atomic E-state index is -0.676. The maximum atomic E-state index is 13.7. The summed E-state index contributed by atoms with van der Waals surface area (Å²) in [5.74, 6) is -1.24. The molecule has 0 fully saturated rings. The lowest BCUT2D eigenvalue weighted by molar-refractivity contribution is 0.112. The molecular weight excluding hydrogens is 286 g/mol. The summed E-state index contributed by atoms with van der Waals surface area (Å²) in [5, 5.41) is 0.214. The van der Waals surface area contributed by atoms with Gasteiger partial charge in [0.25, 0.3) is 0 Å². The number of hydrogen-bond donors (Lipinski definition) is 0. The molecule has 0 aromatic heterocycles. The Labute approximate surface area is 119 Å². The summed E-state index contributed by atoms with van der Waals surface area (Å²) in [6.07, 6.45) is 0.565. The molecule has 0 unspecified atom stereocenters. The minimum Gasteiger partial charge on any atom is -0.486 e. The molecular formula is C15H11ClF2O2. The van der Waals surface area contributed by atoms with Crippen molar-refractivity contribution in [1.82, 2.24) is 0 Å². The maximum absolute atomic E-state index is 13.7. The van der Waals surface area contributed by atoms with Crippen LogP contribution in [0.15, 0.2) is 30.3 Å². The van der Waals surface area contributed by atoms with Crippen LogP contribution in [0.5, 0.6) is 5.75 Å². The van der Waals surface area contributed by atoms with Crippen LogP contribution in [0.25, 0.3) is 0 Å². The molecule has 2 rings (SSSR count). The van der Waals surface area contributed by atoms with Gasteiger partial charge in [-0.25, -0.2) is 8.78 Å². The fourth-order valence-corrected chi connectivity index (χ4v) is 1.95. The van der Waals surface area contributed by atoms with E-state index in [-0.39, 0.29) is 28.5 Å². The number of benzene rings is 2. The summed E-state index contributed by atoms with van der Waals surface area (Å²) in [4.78, 5) is 10.7. The van der Waals surface area contributed by atoms with Crippen molar-refractivity contribution >= 4 is 17.9 Å². The van der Waals surface area contributed by atoms with Crippen molar-refractivity contribution in [1.29, 1.82) is 0 Å². The zero-order valence-corrected chi connectivity index (χ0v) is 11.4. The van der Waals surface area contributed by atoms with Gasteiger partial charge in [0.2, 0.25) is 0 Å². The quantitative estimate of drug-likeness (QED) is 0.786. The average molecular weight is 297 g/mol. The van der Waals surface area contributed by atoms with Crippen molar-refractivity contribution in [3.8, 4) is 5.75 Å². The highest BCUT2D eigenvalue weighted by Gasteiger charge is 2.11. The molecule has 2 aromatic rings. The normalized spacial score (nSPS) is 10.4. The van der Waals surface area contributed by atoms with Gasteiger partial charge in [0.1, 0.15) is 18.7 Å². The number of halogens is 3. The van der Waals surface area contributed by atoms with Crippen LogP contribution in [0.4, 0.5) is 8.78 Å². The first kappa shape index (κ1) is 14.5. The fraction of sp³-hybridized carbons (Fsp3) is 0.133. The smallest absolute Gasteiger partial charge is 0.165 e. The van der Waals surface area contributed by atoms with Gasteiger partial charge in [-0.2, -0.15) is 0 Å². The van der Waals surface area contributed by atoms with Gasteiger partial charge < -0.3 is 4.74 Å². The molecule has 0 spiro atoms. The van der Waals surface area contributed by atoms with Crippen molar-refractivity contribution < 1.29 is 18.3 Å². The molecule has 0 N–H and O–H groups in total. The van der Waals surface area contributed by atoms with Crippen molar-refractivity contribution in [3.63, 3.8) is 0 Å². The molecule has 104 valence electrons. The standard InChI is InChI=1S/C15H11ClF2O2/c1-9-5-15(14(18)6-10(9)7-19)20-8-11-12(16)3-2-4-13(11)17/h2-7H,8H2,1H3. The highest BCUT2D eigenvalue weighted by Crippen LogP contribution is 2.25. The molecule has 0 aliphatic carbocycles. The van der Waals surface area contributed by atoms with Crippen LogP contribution >= 0.6 is 11.6 Å². The second-order valence-corrected chi connectivity index (χ2v) is 4.65. The fourth-order valence-electron chi connectivity index (χ4n) is 1.73. The third-order valence-corrected chi connectivity index (χ3v) is 3.24. The topological polar surface area (TPSA) is 26.3 Å². The van der Waals surface area contributed by atoms with Crippen LogP contribution in [0.1, 0.15) is 21.5 Å². The van der Waals surface area contributed by atoms with Crippen molar-refractivity contribution in [2.24, 2.45) is 0 Å². The first-order chi connectivity index (χ1) is 9.52. The molecule has 5 heteroatoms. The summed E-state index contributed by atoms with van der Waals surface area (Å²) in [6, 6.07) is 6.74. The van der Waals surface area contributed by atoms with Crippen LogP contribution < -0.4 is 4.74 Å². The Kier molecular flexibility index (Phi) is 4.35. The second-order valence-electron chi connectivity index (χ2n) is 4.25. The molecule has 0 bridgehead atoms. The third kappa shape index (κ3) is 2.96. The molecule has 20 heavy (non-hydrogen) atoms. The van der Waals surface area contributed by atoms with Crippen LogP contribution in [-0.4, -0.2) is 6.29 Å². The van der Waals surface area contributed by atoms with Crippen molar-refractivity contribution in [2.75, 3.05) is 0 Å². The average Bonchev–Trinajstić information content (AvgIpc) is 2.41.